The summed E-state index contributed by atoms with van der Waals surface area (Å²) in [5.74, 6) is 0.460. The lowest BCUT2D eigenvalue weighted by atomic mass is 9.83. The summed E-state index contributed by atoms with van der Waals surface area (Å²) in [4.78, 5) is 9.68. The van der Waals surface area contributed by atoms with E-state index in [9.17, 15) is 6.48 Å². The molecular formula is C54H53N3O. The molecule has 0 saturated heterocycles. The van der Waals surface area contributed by atoms with E-state index in [0.29, 0.717) is 33.5 Å². The second-order valence-corrected chi connectivity index (χ2v) is 16.6. The van der Waals surface area contributed by atoms with Crippen molar-refractivity contribution in [3.05, 3.63) is 168 Å². The van der Waals surface area contributed by atoms with E-state index in [-0.39, 0.29) is 22.4 Å². The minimum absolute atomic E-state index is 0.00863. The van der Waals surface area contributed by atoms with Crippen LogP contribution in [-0.2, 0) is 16.2 Å². The number of aromatic nitrogens is 3. The molecule has 0 fully saturated rings. The second kappa shape index (κ2) is 14.6. The quantitative estimate of drug-likeness (QED) is 0.183. The highest BCUT2D eigenvalue weighted by Crippen LogP contribution is 2.41. The maximum absolute atomic E-state index is 11.4. The number of phenols is 1. The topological polar surface area (TPSA) is 50.9 Å². The molecule has 290 valence electrons. The van der Waals surface area contributed by atoms with Gasteiger partial charge in [0.25, 0.3) is 0 Å². The highest BCUT2D eigenvalue weighted by atomic mass is 16.3. The molecule has 2 aromatic heterocycles. The van der Waals surface area contributed by atoms with Crippen molar-refractivity contribution in [2.24, 2.45) is 0 Å². The molecule has 0 spiro atoms. The Labute approximate surface area is 366 Å². The number of aromatic hydroxyl groups is 1. The first-order chi connectivity index (χ1) is 34.2. The molecule has 2 heterocycles. The van der Waals surface area contributed by atoms with E-state index in [1.807, 2.05) is 86.0 Å². The zero-order valence-electron chi connectivity index (χ0n) is 49.2. The van der Waals surface area contributed by atoms with Crippen molar-refractivity contribution in [2.75, 3.05) is 0 Å². The normalized spacial score (nSPS) is 16.9. The second-order valence-electron chi connectivity index (χ2n) is 16.6. The highest BCUT2D eigenvalue weighted by Gasteiger charge is 2.24. The fourth-order valence-electron chi connectivity index (χ4n) is 6.96. The largest absolute Gasteiger partial charge is 0.507 e. The Morgan fingerprint density at radius 3 is 1.91 bits per heavy atom. The number of nitrogens with zero attached hydrogens (tertiary/aromatic N) is 3. The third-order valence-electron chi connectivity index (χ3n) is 10.2. The van der Waals surface area contributed by atoms with Gasteiger partial charge < -0.3 is 5.11 Å². The Bertz CT molecular complexity index is 3460. The van der Waals surface area contributed by atoms with Gasteiger partial charge in [0.2, 0.25) is 0 Å². The number of hydrogen-bond acceptors (Lipinski definition) is 3. The first-order valence-corrected chi connectivity index (χ1v) is 19.0. The molecule has 58 heavy (non-hydrogen) atoms. The molecule has 8 aromatic rings. The predicted octanol–water partition coefficient (Wildman–Crippen LogP) is 14.4. The number of rotatable bonds is 6. The SMILES string of the molecule is [2H]c1nc(-c2cc(-c3cccc4c3nc(-c3ccccc3O)n4-c3cc(-c4ccccc4)cc(C(C)(C)C)c3)cc(C(C)(C)C)c2)c([2H])c(-c2c([2H])c([2H])c(C(C([2H])([2H])[2H])(C([2H])([2H])[2H])C([2H])([2H])[2H])c([2H])c2[2H])c1[2H]. The van der Waals surface area contributed by atoms with E-state index in [2.05, 4.69) is 44.0 Å². The summed E-state index contributed by atoms with van der Waals surface area (Å²) in [7, 11) is 0. The van der Waals surface area contributed by atoms with Crippen molar-refractivity contribution in [1.29, 1.82) is 0 Å². The molecule has 0 bridgehead atoms. The van der Waals surface area contributed by atoms with Crippen molar-refractivity contribution < 1.29 is 27.0 Å². The maximum Gasteiger partial charge on any atom is 0.149 e. The molecule has 0 aliphatic heterocycles. The van der Waals surface area contributed by atoms with Gasteiger partial charge in [-0.05, 0) is 115 Å². The van der Waals surface area contributed by atoms with Crippen LogP contribution in [-0.4, -0.2) is 19.6 Å². The van der Waals surface area contributed by atoms with Gasteiger partial charge in [-0.15, -0.1) is 0 Å². The summed E-state index contributed by atoms with van der Waals surface area (Å²) < 4.78 is 140. The lowest BCUT2D eigenvalue weighted by Crippen LogP contribution is -2.12. The Hall–Kier alpha value is -6.26. The van der Waals surface area contributed by atoms with Crippen LogP contribution < -0.4 is 0 Å². The smallest absolute Gasteiger partial charge is 0.149 e. The summed E-state index contributed by atoms with van der Waals surface area (Å²) in [6.45, 7) is 0.592. The fraction of sp³-hybridized carbons (Fsp3) is 0.222. The molecule has 0 amide bonds. The average Bonchev–Trinajstić information content (AvgIpc) is 3.70. The Morgan fingerprint density at radius 1 is 0.552 bits per heavy atom. The monoisotopic (exact) mass is 776 g/mol. The van der Waals surface area contributed by atoms with E-state index in [0.717, 1.165) is 27.9 Å². The number of hydrogen-bond donors (Lipinski definition) is 1. The molecule has 1 N–H and O–H groups in total. The van der Waals surface area contributed by atoms with Crippen molar-refractivity contribution in [2.45, 2.75) is 78.3 Å². The van der Waals surface area contributed by atoms with Gasteiger partial charge in [0.05, 0.1) is 31.9 Å². The van der Waals surface area contributed by atoms with Gasteiger partial charge in [-0.1, -0.05) is 153 Å². The van der Waals surface area contributed by atoms with Gasteiger partial charge >= 0.3 is 0 Å². The lowest BCUT2D eigenvalue weighted by Gasteiger charge is -2.23. The first-order valence-electron chi connectivity index (χ1n) is 27.0. The zero-order chi connectivity index (χ0) is 54.6. The van der Waals surface area contributed by atoms with E-state index in [1.165, 1.54) is 0 Å². The highest BCUT2D eigenvalue weighted by molar-refractivity contribution is 5.97. The molecule has 0 radical (unpaired) electrons. The Balaban J connectivity index is 1.41. The summed E-state index contributed by atoms with van der Waals surface area (Å²) in [6.07, 6.45) is -0.725. The fourth-order valence-corrected chi connectivity index (χ4v) is 6.96. The van der Waals surface area contributed by atoms with Crippen LogP contribution in [0.4, 0.5) is 0 Å². The van der Waals surface area contributed by atoms with E-state index < -0.39 is 90.5 Å². The molecule has 8 rings (SSSR count). The number of para-hydroxylation sites is 2. The molecule has 0 aliphatic carbocycles. The van der Waals surface area contributed by atoms with Gasteiger partial charge in [-0.2, -0.15) is 0 Å². The van der Waals surface area contributed by atoms with Gasteiger partial charge in [0.1, 0.15) is 11.6 Å². The standard InChI is InChI=1S/C54H53N3O/c1-52(2,3)41-24-22-36(23-25-41)37-26-27-55-47(33-37)40-28-39(30-42(31-40)53(4,5)6)45-19-15-20-48-50(45)56-51(46-18-13-14-21-49(46)58)57(48)44-32-38(35-16-11-10-12-17-35)29-43(34-44)54(7,8)9/h10-34,58H,1-9H3/i1D3,2D3,3D3,22D,23D,24D,25D,26D,27D,33D. The van der Waals surface area contributed by atoms with Gasteiger partial charge in [0.15, 0.2) is 0 Å². The van der Waals surface area contributed by atoms with Crippen LogP contribution in [0.15, 0.2) is 152 Å². The van der Waals surface area contributed by atoms with Gasteiger partial charge in [-0.3, -0.25) is 9.55 Å². The van der Waals surface area contributed by atoms with Crippen LogP contribution in [0.25, 0.3) is 72.7 Å². The van der Waals surface area contributed by atoms with Crippen molar-refractivity contribution in [3.63, 3.8) is 0 Å². The number of benzene rings is 6. The minimum Gasteiger partial charge on any atom is -0.507 e. The van der Waals surface area contributed by atoms with Crippen LogP contribution in [0.5, 0.6) is 5.75 Å². The van der Waals surface area contributed by atoms with Crippen LogP contribution in [0.2, 0.25) is 0 Å². The van der Waals surface area contributed by atoms with Crippen LogP contribution in [0, 0.1) is 0 Å². The van der Waals surface area contributed by atoms with Crippen molar-refractivity contribution >= 4 is 11.0 Å². The van der Waals surface area contributed by atoms with Crippen LogP contribution in [0.1, 0.15) is 101 Å². The minimum atomic E-state index is -3.92. The van der Waals surface area contributed by atoms with Crippen molar-refractivity contribution in [1.82, 2.24) is 14.5 Å². The zero-order valence-corrected chi connectivity index (χ0v) is 33.2. The molecule has 0 atom stereocenters. The van der Waals surface area contributed by atoms with E-state index in [4.69, 9.17) is 25.5 Å². The molecule has 4 nitrogen and oxygen atoms in total. The van der Waals surface area contributed by atoms with E-state index >= 15 is 0 Å². The summed E-state index contributed by atoms with van der Waals surface area (Å²) in [6, 6.07) is 28.2. The number of imidazole rings is 1. The molecule has 0 aliphatic rings. The molecule has 0 saturated carbocycles. The van der Waals surface area contributed by atoms with Crippen LogP contribution in [0.3, 0.4) is 0 Å². The molecule has 6 aromatic carbocycles. The number of phenolic OH excluding ortho intramolecular Hbond substituents is 1. The molecule has 4 heteroatoms. The van der Waals surface area contributed by atoms with E-state index in [1.54, 1.807) is 30.3 Å². The average molecular weight is 776 g/mol. The lowest BCUT2D eigenvalue weighted by molar-refractivity contribution is 0.477. The molecule has 0 unspecified atom stereocenters. The van der Waals surface area contributed by atoms with Gasteiger partial charge in [-0.25, -0.2) is 4.98 Å². The Kier molecular flexibility index (Phi) is 6.00. The summed E-state index contributed by atoms with van der Waals surface area (Å²) in [5.41, 5.74) is 0.0676. The van der Waals surface area contributed by atoms with Crippen LogP contribution >= 0.6 is 0 Å². The third-order valence-corrected chi connectivity index (χ3v) is 10.2. The van der Waals surface area contributed by atoms with Crippen molar-refractivity contribution in [3.8, 4) is 67.5 Å². The Morgan fingerprint density at radius 2 is 1.21 bits per heavy atom. The molecular weight excluding hydrogens is 707 g/mol. The first kappa shape index (κ1) is 23.8. The summed E-state index contributed by atoms with van der Waals surface area (Å²) >= 11 is 0. The third kappa shape index (κ3) is 7.59. The number of pyridine rings is 1. The van der Waals surface area contributed by atoms with Gasteiger partial charge in [0, 0.05) is 35.3 Å². The number of fused-ring (bicyclic) bond motifs is 1. The predicted molar refractivity (Wildman–Crippen MR) is 244 cm³/mol. The summed E-state index contributed by atoms with van der Waals surface area (Å²) in [5, 5.41) is 11.4. The maximum atomic E-state index is 11.4.